The van der Waals surface area contributed by atoms with Gasteiger partial charge in [0.25, 0.3) is 0 Å². The monoisotopic (exact) mass is 262 g/mol. The molecule has 72 valence electrons. The van der Waals surface area contributed by atoms with Crippen molar-refractivity contribution in [2.45, 2.75) is 12.5 Å². The quantitative estimate of drug-likeness (QED) is 0.885. The van der Waals surface area contributed by atoms with Gasteiger partial charge in [0.15, 0.2) is 0 Å². The molecule has 0 aromatic carbocycles. The highest BCUT2D eigenvalue weighted by Crippen LogP contribution is 2.25. The lowest BCUT2D eigenvalue weighted by Gasteiger charge is -2.09. The maximum absolute atomic E-state index is 9.52. The first kappa shape index (κ1) is 9.65. The van der Waals surface area contributed by atoms with Crippen molar-refractivity contribution in [1.29, 1.82) is 0 Å². The van der Waals surface area contributed by atoms with Crippen LogP contribution in [0.4, 0.5) is 0 Å². The van der Waals surface area contributed by atoms with Gasteiger partial charge in [0.2, 0.25) is 0 Å². The molecule has 0 aliphatic carbocycles. The number of ether oxygens (including phenoxy) is 1. The van der Waals surface area contributed by atoms with Crippen molar-refractivity contribution in [3.05, 3.63) is 20.8 Å². The third-order valence-electron chi connectivity index (χ3n) is 2.25. The summed E-state index contributed by atoms with van der Waals surface area (Å²) in [5.74, 6) is 0.283. The molecule has 13 heavy (non-hydrogen) atoms. The molecule has 4 heteroatoms. The summed E-state index contributed by atoms with van der Waals surface area (Å²) in [6, 6.07) is 2.11. The molecule has 0 spiro atoms. The summed E-state index contributed by atoms with van der Waals surface area (Å²) < 4.78 is 6.32. The molecule has 1 aliphatic rings. The zero-order valence-electron chi connectivity index (χ0n) is 7.07. The van der Waals surface area contributed by atoms with E-state index >= 15 is 0 Å². The van der Waals surface area contributed by atoms with Crippen LogP contribution in [0.5, 0.6) is 0 Å². The molecule has 2 heterocycles. The van der Waals surface area contributed by atoms with Gasteiger partial charge in [0, 0.05) is 20.6 Å². The number of hydrogen-bond acceptors (Lipinski definition) is 3. The normalized spacial score (nSPS) is 28.2. The molecule has 2 rings (SSSR count). The third kappa shape index (κ3) is 2.31. The smallest absolute Gasteiger partial charge is 0.0827 e. The van der Waals surface area contributed by atoms with Crippen LogP contribution in [0.1, 0.15) is 4.88 Å². The van der Waals surface area contributed by atoms with Gasteiger partial charge in [0.05, 0.1) is 19.3 Å². The van der Waals surface area contributed by atoms with E-state index in [9.17, 15) is 5.11 Å². The number of thiophene rings is 1. The molecule has 1 aliphatic heterocycles. The number of halogens is 1. The molecule has 1 fully saturated rings. The van der Waals surface area contributed by atoms with Gasteiger partial charge in [-0.25, -0.2) is 0 Å². The van der Waals surface area contributed by atoms with Gasteiger partial charge in [-0.2, -0.15) is 0 Å². The fraction of sp³-hybridized carbons (Fsp3) is 0.556. The molecule has 0 saturated carbocycles. The molecule has 2 nitrogen and oxygen atoms in total. The summed E-state index contributed by atoms with van der Waals surface area (Å²) in [6.07, 6.45) is 0.651. The predicted molar refractivity (Wildman–Crippen MR) is 56.0 cm³/mol. The van der Waals surface area contributed by atoms with Gasteiger partial charge in [-0.15, -0.1) is 11.3 Å². The molecular formula is C9H11BrO2S. The maximum atomic E-state index is 9.52. The van der Waals surface area contributed by atoms with Crippen molar-refractivity contribution in [3.63, 3.8) is 0 Å². The van der Waals surface area contributed by atoms with E-state index in [1.165, 1.54) is 4.88 Å². The predicted octanol–water partition coefficient (Wildman–Crippen LogP) is 2.06. The van der Waals surface area contributed by atoms with E-state index in [2.05, 4.69) is 27.4 Å². The van der Waals surface area contributed by atoms with Crippen LogP contribution < -0.4 is 0 Å². The number of aliphatic hydroxyl groups excluding tert-OH is 1. The first-order chi connectivity index (χ1) is 6.25. The van der Waals surface area contributed by atoms with Gasteiger partial charge in [0.1, 0.15) is 0 Å². The van der Waals surface area contributed by atoms with Crippen molar-refractivity contribution in [2.75, 3.05) is 13.2 Å². The van der Waals surface area contributed by atoms with Crippen LogP contribution in [-0.4, -0.2) is 24.4 Å². The first-order valence-corrected chi connectivity index (χ1v) is 5.91. The molecule has 1 N–H and O–H groups in total. The summed E-state index contributed by atoms with van der Waals surface area (Å²) in [6.45, 7) is 1.19. The Morgan fingerprint density at radius 1 is 1.62 bits per heavy atom. The third-order valence-corrected chi connectivity index (χ3v) is 3.97. The average Bonchev–Trinajstić information content (AvgIpc) is 2.64. The van der Waals surface area contributed by atoms with Crippen LogP contribution in [0.15, 0.2) is 15.9 Å². The summed E-state index contributed by atoms with van der Waals surface area (Å²) in [7, 11) is 0. The van der Waals surface area contributed by atoms with Crippen LogP contribution in [0.25, 0.3) is 0 Å². The highest BCUT2D eigenvalue weighted by molar-refractivity contribution is 9.10. The van der Waals surface area contributed by atoms with Crippen LogP contribution in [0, 0.1) is 5.92 Å². The Balaban J connectivity index is 1.97. The maximum Gasteiger partial charge on any atom is 0.0827 e. The molecular weight excluding hydrogens is 252 g/mol. The Hall–Kier alpha value is 0.1000. The van der Waals surface area contributed by atoms with Gasteiger partial charge < -0.3 is 9.84 Å². The molecule has 2 unspecified atom stereocenters. The van der Waals surface area contributed by atoms with Crippen molar-refractivity contribution >= 4 is 27.3 Å². The van der Waals surface area contributed by atoms with Gasteiger partial charge in [-0.1, -0.05) is 0 Å². The van der Waals surface area contributed by atoms with Crippen LogP contribution in [0.2, 0.25) is 0 Å². The topological polar surface area (TPSA) is 29.5 Å². The summed E-state index contributed by atoms with van der Waals surface area (Å²) >= 11 is 5.14. The molecule has 0 radical (unpaired) electrons. The van der Waals surface area contributed by atoms with Crippen molar-refractivity contribution in [2.24, 2.45) is 5.92 Å². The van der Waals surface area contributed by atoms with E-state index in [0.717, 1.165) is 10.9 Å². The van der Waals surface area contributed by atoms with Crippen LogP contribution >= 0.6 is 27.3 Å². The standard InChI is InChI=1S/C9H11BrO2S/c10-7-2-8(13-5-7)1-6-3-12-4-9(6)11/h2,5-6,9,11H,1,3-4H2. The summed E-state index contributed by atoms with van der Waals surface area (Å²) in [4.78, 5) is 1.31. The Labute approximate surface area is 89.7 Å². The van der Waals surface area contributed by atoms with E-state index in [-0.39, 0.29) is 12.0 Å². The Morgan fingerprint density at radius 3 is 3.00 bits per heavy atom. The number of rotatable bonds is 2. The van der Waals surface area contributed by atoms with Crippen molar-refractivity contribution in [1.82, 2.24) is 0 Å². The minimum Gasteiger partial charge on any atom is -0.390 e. The lowest BCUT2D eigenvalue weighted by molar-refractivity contribution is 0.118. The lowest BCUT2D eigenvalue weighted by atomic mass is 10.0. The molecule has 1 aromatic rings. The number of hydrogen-bond donors (Lipinski definition) is 1. The van der Waals surface area contributed by atoms with E-state index in [4.69, 9.17) is 4.74 Å². The van der Waals surface area contributed by atoms with Gasteiger partial charge in [-0.3, -0.25) is 0 Å². The Kier molecular flexibility index (Phi) is 3.03. The minimum atomic E-state index is -0.277. The molecule has 1 saturated heterocycles. The largest absolute Gasteiger partial charge is 0.390 e. The van der Waals surface area contributed by atoms with E-state index in [1.54, 1.807) is 11.3 Å². The fourth-order valence-electron chi connectivity index (χ4n) is 1.50. The Bertz CT molecular complexity index is 287. The number of aliphatic hydroxyl groups is 1. The summed E-state index contributed by atoms with van der Waals surface area (Å²) in [5, 5.41) is 11.6. The molecule has 0 amide bonds. The van der Waals surface area contributed by atoms with Crippen molar-refractivity contribution < 1.29 is 9.84 Å². The fourth-order valence-corrected chi connectivity index (χ4v) is 3.05. The van der Waals surface area contributed by atoms with Crippen LogP contribution in [-0.2, 0) is 11.2 Å². The highest BCUT2D eigenvalue weighted by Gasteiger charge is 2.26. The van der Waals surface area contributed by atoms with E-state index < -0.39 is 0 Å². The second-order valence-electron chi connectivity index (χ2n) is 3.30. The molecule has 0 bridgehead atoms. The molecule has 2 atom stereocenters. The zero-order valence-corrected chi connectivity index (χ0v) is 9.47. The second-order valence-corrected chi connectivity index (χ2v) is 5.21. The lowest BCUT2D eigenvalue weighted by Crippen LogP contribution is -2.19. The Morgan fingerprint density at radius 2 is 2.46 bits per heavy atom. The van der Waals surface area contributed by atoms with Crippen LogP contribution in [0.3, 0.4) is 0 Å². The first-order valence-electron chi connectivity index (χ1n) is 4.24. The van der Waals surface area contributed by atoms with E-state index in [1.807, 2.05) is 0 Å². The minimum absolute atomic E-state index is 0.277. The highest BCUT2D eigenvalue weighted by atomic mass is 79.9. The average molecular weight is 263 g/mol. The SMILES string of the molecule is OC1COCC1Cc1cc(Br)cs1. The van der Waals surface area contributed by atoms with E-state index in [0.29, 0.717) is 13.2 Å². The zero-order chi connectivity index (χ0) is 9.26. The van der Waals surface area contributed by atoms with Gasteiger partial charge >= 0.3 is 0 Å². The van der Waals surface area contributed by atoms with Gasteiger partial charge in [-0.05, 0) is 28.4 Å². The molecule has 1 aromatic heterocycles. The second kappa shape index (κ2) is 4.09. The summed E-state index contributed by atoms with van der Waals surface area (Å²) in [5.41, 5.74) is 0. The van der Waals surface area contributed by atoms with Crippen molar-refractivity contribution in [3.8, 4) is 0 Å².